The Labute approximate surface area is 127 Å². The number of hydrogen-bond donors (Lipinski definition) is 1. The molecular weight excluding hydrogens is 320 g/mol. The Hall–Kier alpha value is -1.33. The Morgan fingerprint density at radius 2 is 2.20 bits per heavy atom. The van der Waals surface area contributed by atoms with E-state index in [4.69, 9.17) is 9.15 Å². The quantitative estimate of drug-likeness (QED) is 0.905. The van der Waals surface area contributed by atoms with Gasteiger partial charge in [-0.25, -0.2) is 0 Å². The van der Waals surface area contributed by atoms with Crippen molar-refractivity contribution in [3.63, 3.8) is 0 Å². The molecule has 4 nitrogen and oxygen atoms in total. The fourth-order valence-corrected chi connectivity index (χ4v) is 2.91. The van der Waals surface area contributed by atoms with Crippen molar-refractivity contribution in [1.29, 1.82) is 0 Å². The second-order valence-electron chi connectivity index (χ2n) is 4.74. The monoisotopic (exact) mass is 338 g/mol. The summed E-state index contributed by atoms with van der Waals surface area (Å²) < 4.78 is 11.5. The average Bonchev–Trinajstić information content (AvgIpc) is 2.85. The number of pyridine rings is 1. The van der Waals surface area contributed by atoms with Crippen molar-refractivity contribution < 1.29 is 9.15 Å². The van der Waals surface area contributed by atoms with Gasteiger partial charge in [0.05, 0.1) is 13.4 Å². The fraction of sp³-hybridized carbons (Fsp3) is 0.400. The number of likely N-dealkylation sites (N-methyl/N-ethyl adjacent to an activating group) is 1. The summed E-state index contributed by atoms with van der Waals surface area (Å²) in [5, 5.41) is 3.30. The summed E-state index contributed by atoms with van der Waals surface area (Å²) in [6.07, 6.45) is 4.31. The number of ether oxygens (including phenoxy) is 1. The normalized spacial score (nSPS) is 12.4. The van der Waals surface area contributed by atoms with Crippen LogP contribution >= 0.6 is 15.9 Å². The van der Waals surface area contributed by atoms with E-state index in [9.17, 15) is 0 Å². The van der Waals surface area contributed by atoms with Gasteiger partial charge in [0.2, 0.25) is 0 Å². The molecule has 0 aromatic carbocycles. The van der Waals surface area contributed by atoms with Crippen LogP contribution in [0.2, 0.25) is 0 Å². The lowest BCUT2D eigenvalue weighted by Gasteiger charge is -2.18. The van der Waals surface area contributed by atoms with E-state index in [1.807, 2.05) is 33.2 Å². The molecule has 0 aliphatic heterocycles. The van der Waals surface area contributed by atoms with Gasteiger partial charge in [0.1, 0.15) is 5.75 Å². The Kier molecular flexibility index (Phi) is 4.83. The molecule has 0 aliphatic carbocycles. The number of hydrogen-bond acceptors (Lipinski definition) is 4. The summed E-state index contributed by atoms with van der Waals surface area (Å²) in [6.45, 7) is 4.05. The molecule has 108 valence electrons. The predicted molar refractivity (Wildman–Crippen MR) is 82.2 cm³/mol. The third kappa shape index (κ3) is 2.88. The van der Waals surface area contributed by atoms with Gasteiger partial charge in [0.25, 0.3) is 0 Å². The van der Waals surface area contributed by atoms with E-state index in [2.05, 4.69) is 26.2 Å². The Balaban J connectivity index is 2.31. The topological polar surface area (TPSA) is 47.3 Å². The Bertz CT molecular complexity index is 596. The molecule has 0 saturated heterocycles. The fourth-order valence-electron chi connectivity index (χ4n) is 2.39. The number of nitrogens with one attached hydrogen (secondary N) is 1. The lowest BCUT2D eigenvalue weighted by atomic mass is 10.0. The van der Waals surface area contributed by atoms with Gasteiger partial charge in [0.15, 0.2) is 4.67 Å². The second-order valence-corrected chi connectivity index (χ2v) is 5.46. The highest BCUT2D eigenvalue weighted by molar-refractivity contribution is 9.10. The van der Waals surface area contributed by atoms with E-state index < -0.39 is 0 Å². The van der Waals surface area contributed by atoms with Crippen LogP contribution < -0.4 is 10.1 Å². The zero-order chi connectivity index (χ0) is 14.7. The first kappa shape index (κ1) is 15.1. The number of aromatic nitrogens is 1. The lowest BCUT2D eigenvalue weighted by molar-refractivity contribution is 0.406. The van der Waals surface area contributed by atoms with Crippen LogP contribution in [0.5, 0.6) is 5.75 Å². The number of methoxy groups -OCH3 is 1. The highest BCUT2D eigenvalue weighted by Gasteiger charge is 2.19. The first-order chi connectivity index (χ1) is 9.58. The minimum absolute atomic E-state index is 0.140. The van der Waals surface area contributed by atoms with Gasteiger partial charge in [0, 0.05) is 41.0 Å². The molecule has 0 saturated carbocycles. The van der Waals surface area contributed by atoms with Crippen LogP contribution in [0.15, 0.2) is 27.6 Å². The molecule has 1 N–H and O–H groups in total. The average molecular weight is 339 g/mol. The van der Waals surface area contributed by atoms with Crippen molar-refractivity contribution >= 4 is 15.9 Å². The van der Waals surface area contributed by atoms with Crippen molar-refractivity contribution in [3.05, 3.63) is 45.6 Å². The van der Waals surface area contributed by atoms with Gasteiger partial charge in [-0.1, -0.05) is 0 Å². The third-order valence-corrected chi connectivity index (χ3v) is 4.16. The van der Waals surface area contributed by atoms with Crippen molar-refractivity contribution in [2.75, 3.05) is 14.2 Å². The number of rotatable bonds is 5. The van der Waals surface area contributed by atoms with Crippen molar-refractivity contribution in [2.45, 2.75) is 26.3 Å². The van der Waals surface area contributed by atoms with Gasteiger partial charge in [-0.05, 0) is 42.9 Å². The van der Waals surface area contributed by atoms with Crippen molar-refractivity contribution in [1.82, 2.24) is 10.3 Å². The Morgan fingerprint density at radius 3 is 2.75 bits per heavy atom. The minimum Gasteiger partial charge on any atom is -0.496 e. The summed E-state index contributed by atoms with van der Waals surface area (Å²) in [5.74, 6) is 0.913. The summed E-state index contributed by atoms with van der Waals surface area (Å²) in [6, 6.07) is 2.10. The zero-order valence-electron chi connectivity index (χ0n) is 12.2. The van der Waals surface area contributed by atoms with E-state index in [0.29, 0.717) is 0 Å². The summed E-state index contributed by atoms with van der Waals surface area (Å²) in [5.41, 5.74) is 4.26. The van der Waals surface area contributed by atoms with E-state index >= 15 is 0 Å². The molecule has 0 amide bonds. The van der Waals surface area contributed by atoms with E-state index in [1.165, 1.54) is 0 Å². The number of nitrogens with zero attached hydrogens (tertiary/aromatic N) is 1. The van der Waals surface area contributed by atoms with Crippen LogP contribution in [0.25, 0.3) is 0 Å². The second kappa shape index (κ2) is 6.41. The largest absolute Gasteiger partial charge is 0.496 e. The van der Waals surface area contributed by atoms with Gasteiger partial charge in [-0.15, -0.1) is 0 Å². The zero-order valence-corrected chi connectivity index (χ0v) is 13.7. The number of furan rings is 1. The maximum absolute atomic E-state index is 5.46. The maximum Gasteiger partial charge on any atom is 0.173 e. The molecule has 0 radical (unpaired) electrons. The molecule has 1 atom stereocenters. The van der Waals surface area contributed by atoms with Crippen LogP contribution in [-0.4, -0.2) is 19.1 Å². The molecule has 0 spiro atoms. The smallest absolute Gasteiger partial charge is 0.173 e. The summed E-state index contributed by atoms with van der Waals surface area (Å²) in [4.78, 5) is 4.55. The van der Waals surface area contributed by atoms with Gasteiger partial charge in [-0.3, -0.25) is 4.98 Å². The van der Waals surface area contributed by atoms with Gasteiger partial charge >= 0.3 is 0 Å². The van der Waals surface area contributed by atoms with E-state index in [1.54, 1.807) is 13.4 Å². The van der Waals surface area contributed by atoms with Crippen LogP contribution in [0.1, 0.15) is 28.4 Å². The van der Waals surface area contributed by atoms with Crippen LogP contribution in [-0.2, 0) is 6.42 Å². The SMILES string of the molecule is CNC(Cc1ncc(C)c(OC)c1C)c1ccoc1Br. The first-order valence-corrected chi connectivity index (χ1v) is 7.27. The molecule has 2 heterocycles. The molecule has 0 bridgehead atoms. The van der Waals surface area contributed by atoms with E-state index in [0.717, 1.165) is 39.2 Å². The van der Waals surface area contributed by atoms with Crippen molar-refractivity contribution in [2.24, 2.45) is 0 Å². The highest BCUT2D eigenvalue weighted by Crippen LogP contribution is 2.30. The molecule has 5 heteroatoms. The van der Waals surface area contributed by atoms with Crippen LogP contribution in [0.4, 0.5) is 0 Å². The maximum atomic E-state index is 5.46. The summed E-state index contributed by atoms with van der Waals surface area (Å²) in [7, 11) is 3.63. The highest BCUT2D eigenvalue weighted by atomic mass is 79.9. The minimum atomic E-state index is 0.140. The molecular formula is C15H19BrN2O2. The third-order valence-electron chi connectivity index (χ3n) is 3.52. The molecule has 2 aromatic rings. The van der Waals surface area contributed by atoms with Gasteiger partial charge < -0.3 is 14.5 Å². The van der Waals surface area contributed by atoms with Crippen LogP contribution in [0.3, 0.4) is 0 Å². The number of aryl methyl sites for hydroxylation is 1. The standard InChI is InChI=1S/C15H19BrN2O2/c1-9-8-18-12(10(2)14(9)19-4)7-13(17-3)11-5-6-20-15(11)16/h5-6,8,13,17H,7H2,1-4H3. The van der Waals surface area contributed by atoms with Crippen LogP contribution in [0, 0.1) is 13.8 Å². The first-order valence-electron chi connectivity index (χ1n) is 6.47. The molecule has 0 aliphatic rings. The van der Waals surface area contributed by atoms with E-state index in [-0.39, 0.29) is 6.04 Å². The molecule has 2 rings (SSSR count). The van der Waals surface area contributed by atoms with Gasteiger partial charge in [-0.2, -0.15) is 0 Å². The lowest BCUT2D eigenvalue weighted by Crippen LogP contribution is -2.20. The molecule has 1 unspecified atom stereocenters. The molecule has 2 aromatic heterocycles. The van der Waals surface area contributed by atoms with Crippen molar-refractivity contribution in [3.8, 4) is 5.75 Å². The molecule has 20 heavy (non-hydrogen) atoms. The Morgan fingerprint density at radius 1 is 1.45 bits per heavy atom. The number of halogens is 1. The summed E-state index contributed by atoms with van der Waals surface area (Å²) >= 11 is 3.43. The molecule has 0 fully saturated rings. The predicted octanol–water partition coefficient (Wildman–Crippen LogP) is 3.57.